The van der Waals surface area contributed by atoms with Crippen molar-refractivity contribution in [2.24, 2.45) is 0 Å². The molecule has 1 aromatic carbocycles. The van der Waals surface area contributed by atoms with E-state index in [4.69, 9.17) is 12.2 Å². The highest BCUT2D eigenvalue weighted by molar-refractivity contribution is 7.80. The monoisotopic (exact) mass is 185 g/mol. The normalized spacial score (nSPS) is 15.7. The lowest BCUT2D eigenvalue weighted by Crippen LogP contribution is -1.94. The van der Waals surface area contributed by atoms with Gasteiger partial charge in [-0.3, -0.25) is 0 Å². The van der Waals surface area contributed by atoms with Crippen molar-refractivity contribution < 1.29 is 0 Å². The topological polar surface area (TPSA) is 0 Å². The Bertz CT molecular complexity index is 371. The van der Waals surface area contributed by atoms with E-state index in [0.29, 0.717) is 0 Å². The molecular weight excluding hydrogens is 176 g/mol. The van der Waals surface area contributed by atoms with Crippen molar-refractivity contribution in [1.29, 1.82) is 0 Å². The zero-order valence-electron chi connectivity index (χ0n) is 7.16. The summed E-state index contributed by atoms with van der Waals surface area (Å²) in [6, 6.07) is 11.1. The van der Waals surface area contributed by atoms with Crippen LogP contribution in [-0.2, 0) is 0 Å². The van der Waals surface area contributed by atoms with Gasteiger partial charge < -0.3 is 0 Å². The zero-order chi connectivity index (χ0) is 9.10. The average Bonchev–Trinajstić information content (AvgIpc) is 2.19. The summed E-state index contributed by atoms with van der Waals surface area (Å²) in [5.41, 5.74) is 2.28. The number of hydrogen-bond donors (Lipinski definition) is 0. The summed E-state index contributed by atoms with van der Waals surface area (Å²) in [7, 11) is 0. The van der Waals surface area contributed by atoms with Gasteiger partial charge in [-0.15, -0.1) is 0 Å². The first-order valence-electron chi connectivity index (χ1n) is 4.24. The molecule has 2 rings (SSSR count). The molecule has 13 heavy (non-hydrogen) atoms. The molecule has 0 spiro atoms. The van der Waals surface area contributed by atoms with Gasteiger partial charge in [-0.2, -0.15) is 0 Å². The van der Waals surface area contributed by atoms with Crippen molar-refractivity contribution in [2.45, 2.75) is 6.42 Å². The molecule has 0 saturated heterocycles. The summed E-state index contributed by atoms with van der Waals surface area (Å²) in [6.07, 6.45) is 7.13. The van der Waals surface area contributed by atoms with Crippen LogP contribution in [0.4, 0.5) is 0 Å². The summed E-state index contributed by atoms with van der Waals surface area (Å²) < 4.78 is 0. The van der Waals surface area contributed by atoms with Gasteiger partial charge in [-0.25, -0.2) is 0 Å². The van der Waals surface area contributed by atoms with Crippen molar-refractivity contribution in [2.75, 3.05) is 0 Å². The molecule has 1 aliphatic carbocycles. The van der Waals surface area contributed by atoms with Crippen LogP contribution in [0.2, 0.25) is 0 Å². The molecule has 0 atom stereocenters. The van der Waals surface area contributed by atoms with Crippen molar-refractivity contribution in [3.63, 3.8) is 0 Å². The van der Waals surface area contributed by atoms with Gasteiger partial charge in [0.1, 0.15) is 0 Å². The first kappa shape index (κ1) is 8.39. The van der Waals surface area contributed by atoms with E-state index in [-0.39, 0.29) is 0 Å². The van der Waals surface area contributed by atoms with E-state index in [1.807, 2.05) is 30.3 Å². The second kappa shape index (κ2) is 3.67. The Hall–Kier alpha value is -1.21. The SMILES string of the molecule is S=C1C=C(c2[c]cccc2)C=CC1. The molecule has 1 heteroatoms. The Morgan fingerprint density at radius 2 is 2.23 bits per heavy atom. The van der Waals surface area contributed by atoms with E-state index in [2.05, 4.69) is 18.2 Å². The summed E-state index contributed by atoms with van der Waals surface area (Å²) in [5, 5.41) is 0. The molecule has 0 heterocycles. The number of hydrogen-bond acceptors (Lipinski definition) is 1. The molecular formula is C12H9S. The van der Waals surface area contributed by atoms with Crippen molar-refractivity contribution in [3.05, 3.63) is 54.1 Å². The highest BCUT2D eigenvalue weighted by Gasteiger charge is 2.02. The summed E-state index contributed by atoms with van der Waals surface area (Å²) >= 11 is 5.14. The Morgan fingerprint density at radius 1 is 1.31 bits per heavy atom. The maximum absolute atomic E-state index is 5.14. The third kappa shape index (κ3) is 1.93. The third-order valence-electron chi connectivity index (χ3n) is 1.95. The second-order valence-corrected chi connectivity index (χ2v) is 3.47. The van der Waals surface area contributed by atoms with Gasteiger partial charge in [0.05, 0.1) is 0 Å². The van der Waals surface area contributed by atoms with Crippen LogP contribution in [-0.4, -0.2) is 4.86 Å². The van der Waals surface area contributed by atoms with Gasteiger partial charge in [0, 0.05) is 11.3 Å². The minimum atomic E-state index is 0.895. The highest BCUT2D eigenvalue weighted by Crippen LogP contribution is 2.19. The summed E-state index contributed by atoms with van der Waals surface area (Å²) in [6.45, 7) is 0. The molecule has 0 unspecified atom stereocenters. The maximum atomic E-state index is 5.14. The fourth-order valence-corrected chi connectivity index (χ4v) is 1.55. The van der Waals surface area contributed by atoms with E-state index < -0.39 is 0 Å². The quantitative estimate of drug-likeness (QED) is 0.605. The van der Waals surface area contributed by atoms with Gasteiger partial charge >= 0.3 is 0 Å². The van der Waals surface area contributed by atoms with E-state index in [0.717, 1.165) is 22.4 Å². The van der Waals surface area contributed by atoms with Crippen LogP contribution in [0.5, 0.6) is 0 Å². The Kier molecular flexibility index (Phi) is 2.37. The summed E-state index contributed by atoms with van der Waals surface area (Å²) in [5.74, 6) is 0. The lowest BCUT2D eigenvalue weighted by Gasteiger charge is -2.06. The second-order valence-electron chi connectivity index (χ2n) is 2.95. The molecule has 0 amide bonds. The number of thiocarbonyl (C=S) groups is 1. The predicted octanol–water partition coefficient (Wildman–Crippen LogP) is 3.20. The predicted molar refractivity (Wildman–Crippen MR) is 59.6 cm³/mol. The zero-order valence-corrected chi connectivity index (χ0v) is 7.97. The lowest BCUT2D eigenvalue weighted by atomic mass is 10.00. The van der Waals surface area contributed by atoms with E-state index in [1.54, 1.807) is 0 Å². The van der Waals surface area contributed by atoms with Gasteiger partial charge in [0.2, 0.25) is 0 Å². The van der Waals surface area contributed by atoms with Crippen LogP contribution in [0, 0.1) is 6.07 Å². The van der Waals surface area contributed by atoms with Crippen LogP contribution in [0.1, 0.15) is 12.0 Å². The largest absolute Gasteiger partial charge is 0.0846 e. The molecule has 0 saturated carbocycles. The van der Waals surface area contributed by atoms with E-state index in [1.165, 1.54) is 0 Å². The molecule has 63 valence electrons. The Balaban J connectivity index is 2.37. The van der Waals surface area contributed by atoms with Gasteiger partial charge in [-0.05, 0) is 23.3 Å². The number of rotatable bonds is 1. The minimum absolute atomic E-state index is 0.895. The average molecular weight is 185 g/mol. The van der Waals surface area contributed by atoms with Gasteiger partial charge in [-0.1, -0.05) is 48.6 Å². The van der Waals surface area contributed by atoms with Crippen molar-refractivity contribution in [3.8, 4) is 0 Å². The summed E-state index contributed by atoms with van der Waals surface area (Å²) in [4.78, 5) is 0.995. The molecule has 0 aromatic heterocycles. The van der Waals surface area contributed by atoms with Crippen LogP contribution in [0.3, 0.4) is 0 Å². The third-order valence-corrected chi connectivity index (χ3v) is 2.24. The van der Waals surface area contributed by atoms with Crippen LogP contribution in [0.25, 0.3) is 5.57 Å². The molecule has 0 aliphatic heterocycles. The molecule has 0 nitrogen and oxygen atoms in total. The first-order valence-corrected chi connectivity index (χ1v) is 4.65. The molecule has 1 aliphatic rings. The first-order chi connectivity index (χ1) is 6.36. The van der Waals surface area contributed by atoms with Crippen LogP contribution in [0.15, 0.2) is 42.5 Å². The number of allylic oxidation sites excluding steroid dienone is 4. The molecule has 1 radical (unpaired) electrons. The smallest absolute Gasteiger partial charge is 0.0196 e. The molecule has 0 bridgehead atoms. The van der Waals surface area contributed by atoms with Crippen LogP contribution >= 0.6 is 12.2 Å². The molecule has 0 N–H and O–H groups in total. The van der Waals surface area contributed by atoms with E-state index in [9.17, 15) is 0 Å². The minimum Gasteiger partial charge on any atom is -0.0846 e. The van der Waals surface area contributed by atoms with E-state index >= 15 is 0 Å². The fraction of sp³-hybridized carbons (Fsp3) is 0.0833. The maximum Gasteiger partial charge on any atom is 0.0196 e. The fourth-order valence-electron chi connectivity index (χ4n) is 1.32. The lowest BCUT2D eigenvalue weighted by molar-refractivity contribution is 1.49. The van der Waals surface area contributed by atoms with Gasteiger partial charge in [0.25, 0.3) is 0 Å². The molecule has 1 aromatic rings. The highest BCUT2D eigenvalue weighted by atomic mass is 32.1. The Morgan fingerprint density at radius 3 is 2.92 bits per heavy atom. The molecule has 0 fully saturated rings. The van der Waals surface area contributed by atoms with Crippen LogP contribution < -0.4 is 0 Å². The van der Waals surface area contributed by atoms with Crippen molar-refractivity contribution in [1.82, 2.24) is 0 Å². The van der Waals surface area contributed by atoms with Gasteiger partial charge in [0.15, 0.2) is 0 Å². The number of benzene rings is 1. The van der Waals surface area contributed by atoms with Crippen molar-refractivity contribution >= 4 is 22.7 Å². The standard InChI is InChI=1S/C12H9S/c13-12-8-4-7-11(9-12)10-5-2-1-3-6-10/h1-5,7,9H,8H2. The Labute approximate surface area is 83.6 Å².